The highest BCUT2D eigenvalue weighted by Gasteiger charge is 2.49. The summed E-state index contributed by atoms with van der Waals surface area (Å²) in [5, 5.41) is 3.73. The summed E-state index contributed by atoms with van der Waals surface area (Å²) in [6, 6.07) is 0. The largest absolute Gasteiger partial charge is 0.294 e. The Hall–Kier alpha value is -3.20. The first-order valence-corrected chi connectivity index (χ1v) is 12.2. The second kappa shape index (κ2) is 13.5. The van der Waals surface area contributed by atoms with Gasteiger partial charge in [0.2, 0.25) is 0 Å². The van der Waals surface area contributed by atoms with Crippen molar-refractivity contribution in [3.05, 3.63) is 47.1 Å². The Kier molecular flexibility index (Phi) is 10.7. The minimum atomic E-state index is -0.499. The molecule has 6 heteroatoms. The predicted molar refractivity (Wildman–Crippen MR) is 144 cm³/mol. The molecule has 1 spiro atoms. The summed E-state index contributed by atoms with van der Waals surface area (Å²) in [5.41, 5.74) is 5.22. The van der Waals surface area contributed by atoms with Gasteiger partial charge in [-0.15, -0.1) is 6.42 Å². The molecule has 1 aliphatic heterocycles. The highest BCUT2D eigenvalue weighted by molar-refractivity contribution is 6.08. The first-order chi connectivity index (χ1) is 16.5. The lowest BCUT2D eigenvalue weighted by atomic mass is 9.98. The molecule has 0 saturated heterocycles. The molecular weight excluding hydrogens is 422 g/mol. The molecule has 1 aliphatic carbocycles. The van der Waals surface area contributed by atoms with Crippen molar-refractivity contribution in [1.82, 2.24) is 10.3 Å². The normalized spacial score (nSPS) is 19.2. The van der Waals surface area contributed by atoms with Gasteiger partial charge in [0.25, 0.3) is 5.91 Å². The third-order valence-electron chi connectivity index (χ3n) is 6.45. The maximum absolute atomic E-state index is 13.4. The molecule has 2 rings (SSSR count). The van der Waals surface area contributed by atoms with Crippen molar-refractivity contribution in [2.45, 2.75) is 77.7 Å². The molecule has 34 heavy (non-hydrogen) atoms. The number of amides is 1. The van der Waals surface area contributed by atoms with Crippen LogP contribution in [0.2, 0.25) is 0 Å². The smallest absolute Gasteiger partial charge is 0.256 e. The van der Waals surface area contributed by atoms with E-state index in [1.807, 2.05) is 24.8 Å². The second-order valence-electron chi connectivity index (χ2n) is 8.61. The molecule has 0 radical (unpaired) electrons. The summed E-state index contributed by atoms with van der Waals surface area (Å²) in [5.74, 6) is 4.30. The fourth-order valence-electron chi connectivity index (χ4n) is 4.54. The molecule has 1 amide bonds. The van der Waals surface area contributed by atoms with E-state index in [1.54, 1.807) is 13.1 Å². The lowest BCUT2D eigenvalue weighted by Gasteiger charge is -2.23. The third-order valence-corrected chi connectivity index (χ3v) is 6.45. The number of hydrogen-bond donors (Lipinski definition) is 1. The summed E-state index contributed by atoms with van der Waals surface area (Å²) in [6.45, 7) is 10.2. The number of allylic oxidation sites excluding steroid dienone is 4. The van der Waals surface area contributed by atoms with E-state index < -0.39 is 5.54 Å². The van der Waals surface area contributed by atoms with Gasteiger partial charge in [0, 0.05) is 25.8 Å². The molecule has 1 heterocycles. The van der Waals surface area contributed by atoms with Crippen LogP contribution in [0.5, 0.6) is 0 Å². The molecule has 0 atom stereocenters. The van der Waals surface area contributed by atoms with Gasteiger partial charge < -0.3 is 0 Å². The van der Waals surface area contributed by atoms with E-state index in [0.29, 0.717) is 18.8 Å². The summed E-state index contributed by atoms with van der Waals surface area (Å²) in [4.78, 5) is 24.6. The highest BCUT2D eigenvalue weighted by atomic mass is 16.2. The van der Waals surface area contributed by atoms with E-state index in [2.05, 4.69) is 53.3 Å². The molecule has 182 valence electrons. The van der Waals surface area contributed by atoms with Crippen molar-refractivity contribution in [1.29, 1.82) is 0 Å². The van der Waals surface area contributed by atoms with Crippen LogP contribution in [0.15, 0.2) is 62.2 Å². The van der Waals surface area contributed by atoms with Crippen LogP contribution in [0.25, 0.3) is 0 Å². The fourth-order valence-corrected chi connectivity index (χ4v) is 4.54. The minimum absolute atomic E-state index is 0.184. The van der Waals surface area contributed by atoms with Crippen molar-refractivity contribution < 1.29 is 4.79 Å². The van der Waals surface area contributed by atoms with Gasteiger partial charge >= 0.3 is 0 Å². The van der Waals surface area contributed by atoms with E-state index in [0.717, 1.165) is 67.5 Å². The van der Waals surface area contributed by atoms with Gasteiger partial charge in [0.05, 0.1) is 6.54 Å². The number of unbranched alkanes of at least 4 members (excludes halogenated alkanes) is 1. The maximum Gasteiger partial charge on any atom is 0.256 e. The number of carbonyl (C=O) groups excluding carboxylic acids is 1. The Morgan fingerprint density at radius 3 is 2.62 bits per heavy atom. The Morgan fingerprint density at radius 2 is 2.06 bits per heavy atom. The number of rotatable bonds is 11. The first kappa shape index (κ1) is 27.0. The zero-order chi connectivity index (χ0) is 25.0. The monoisotopic (exact) mass is 461 g/mol. The van der Waals surface area contributed by atoms with Crippen LogP contribution in [-0.4, -0.2) is 48.3 Å². The first-order valence-electron chi connectivity index (χ1n) is 12.2. The number of amidine groups is 2. The molecule has 0 aromatic rings. The summed E-state index contributed by atoms with van der Waals surface area (Å²) < 4.78 is 0. The molecule has 0 bridgehead atoms. The minimum Gasteiger partial charge on any atom is -0.294 e. The van der Waals surface area contributed by atoms with Crippen LogP contribution in [0.4, 0.5) is 0 Å². The van der Waals surface area contributed by atoms with Crippen LogP contribution in [-0.2, 0) is 4.79 Å². The van der Waals surface area contributed by atoms with Gasteiger partial charge in [-0.3, -0.25) is 25.1 Å². The Bertz CT molecular complexity index is 965. The fraction of sp³-hybridized carbons (Fsp3) is 0.500. The SMILES string of the molecule is C#C/C=C(C(=NC)NN=C)\C(=C/C)C/C=C\C(=C/C)CN1C(=O)C2(CCCC2)N=C1CCCC. The van der Waals surface area contributed by atoms with Gasteiger partial charge in [-0.1, -0.05) is 56.4 Å². The van der Waals surface area contributed by atoms with Crippen molar-refractivity contribution in [3.63, 3.8) is 0 Å². The molecule has 0 unspecified atom stereocenters. The topological polar surface area (TPSA) is 69.4 Å². The lowest BCUT2D eigenvalue weighted by Crippen LogP contribution is -2.41. The van der Waals surface area contributed by atoms with Gasteiger partial charge in [-0.05, 0) is 56.8 Å². The molecule has 1 N–H and O–H groups in total. The molecule has 1 fully saturated rings. The number of nitrogens with one attached hydrogen (secondary N) is 1. The third kappa shape index (κ3) is 6.44. The number of terminal acetylenes is 1. The van der Waals surface area contributed by atoms with Crippen LogP contribution in [0.1, 0.15) is 72.1 Å². The number of nitrogens with zero attached hydrogens (tertiary/aromatic N) is 4. The number of hydrogen-bond acceptors (Lipinski definition) is 4. The molecular formula is C28H39N5O. The zero-order valence-electron chi connectivity index (χ0n) is 21.2. The quantitative estimate of drug-likeness (QED) is 0.148. The zero-order valence-corrected chi connectivity index (χ0v) is 21.2. The summed E-state index contributed by atoms with van der Waals surface area (Å²) in [6.07, 6.45) is 23.1. The Labute approximate surface area is 205 Å². The highest BCUT2D eigenvalue weighted by Crippen LogP contribution is 2.39. The Balaban J connectivity index is 2.16. The van der Waals surface area contributed by atoms with E-state index in [-0.39, 0.29) is 5.91 Å². The van der Waals surface area contributed by atoms with Crippen LogP contribution >= 0.6 is 0 Å². The van der Waals surface area contributed by atoms with Crippen molar-refractivity contribution in [2.24, 2.45) is 15.1 Å². The van der Waals surface area contributed by atoms with E-state index in [1.165, 1.54) is 0 Å². The van der Waals surface area contributed by atoms with Crippen LogP contribution < -0.4 is 5.43 Å². The molecule has 0 aromatic heterocycles. The average Bonchev–Trinajstić information content (AvgIpc) is 3.42. The lowest BCUT2D eigenvalue weighted by molar-refractivity contribution is -0.130. The average molecular weight is 462 g/mol. The Morgan fingerprint density at radius 1 is 1.32 bits per heavy atom. The number of hydrazone groups is 1. The number of carbonyl (C=O) groups is 1. The van der Waals surface area contributed by atoms with Crippen molar-refractivity contribution in [3.8, 4) is 12.3 Å². The molecule has 1 saturated carbocycles. The van der Waals surface area contributed by atoms with E-state index in [9.17, 15) is 4.79 Å². The van der Waals surface area contributed by atoms with Crippen LogP contribution in [0, 0.1) is 12.3 Å². The number of aliphatic imine (C=N–C) groups is 2. The standard InChI is InChI=1S/C28H39N5O/c1-7-11-18-25-31-28(19-12-13-20-28)27(34)33(25)21-22(9-3)16-14-17-23(10-4)24(15-8-2)26(29-5)32-30-6/h2,9-10,14-16H,6-7,11-13,17-21H2,1,3-5H3,(H,29,32)/b16-14-,22-9+,23-10-,24-15+. The van der Waals surface area contributed by atoms with E-state index >= 15 is 0 Å². The molecule has 2 aliphatic rings. The van der Waals surface area contributed by atoms with Crippen LogP contribution in [0.3, 0.4) is 0 Å². The summed E-state index contributed by atoms with van der Waals surface area (Å²) in [7, 11) is 1.68. The second-order valence-corrected chi connectivity index (χ2v) is 8.61. The van der Waals surface area contributed by atoms with Gasteiger partial charge in [0.1, 0.15) is 17.2 Å². The maximum atomic E-state index is 13.4. The van der Waals surface area contributed by atoms with Gasteiger partial charge in [0.15, 0.2) is 0 Å². The summed E-state index contributed by atoms with van der Waals surface area (Å²) >= 11 is 0. The van der Waals surface area contributed by atoms with E-state index in [4.69, 9.17) is 11.4 Å². The molecule has 6 nitrogen and oxygen atoms in total. The van der Waals surface area contributed by atoms with Crippen molar-refractivity contribution >= 4 is 24.3 Å². The predicted octanol–water partition coefficient (Wildman–Crippen LogP) is 5.36. The van der Waals surface area contributed by atoms with Gasteiger partial charge in [-0.25, -0.2) is 0 Å². The van der Waals surface area contributed by atoms with Crippen molar-refractivity contribution in [2.75, 3.05) is 13.6 Å². The molecule has 0 aromatic carbocycles. The van der Waals surface area contributed by atoms with Gasteiger partial charge in [-0.2, -0.15) is 5.10 Å².